The molecule has 0 unspecified atom stereocenters. The highest BCUT2D eigenvalue weighted by molar-refractivity contribution is 5.58. The van der Waals surface area contributed by atoms with Gasteiger partial charge in [0.15, 0.2) is 11.6 Å². The Kier molecular flexibility index (Phi) is 2.60. The summed E-state index contributed by atoms with van der Waals surface area (Å²) < 4.78 is 5.33. The van der Waals surface area contributed by atoms with Crippen LogP contribution in [0.1, 0.15) is 12.8 Å². The summed E-state index contributed by atoms with van der Waals surface area (Å²) in [6.45, 7) is 1.90. The van der Waals surface area contributed by atoms with Crippen LogP contribution in [0, 0.1) is 0 Å². The number of aromatic amines is 1. The lowest BCUT2D eigenvalue weighted by molar-refractivity contribution is 0.503. The molecule has 0 amide bonds. The van der Waals surface area contributed by atoms with Crippen molar-refractivity contribution in [2.45, 2.75) is 18.9 Å². The molecule has 5 nitrogen and oxygen atoms in total. The smallest absolute Gasteiger partial charge is 0.151 e. The van der Waals surface area contributed by atoms with Gasteiger partial charge in [-0.1, -0.05) is 0 Å². The van der Waals surface area contributed by atoms with Crippen molar-refractivity contribution in [3.05, 3.63) is 24.5 Å². The van der Waals surface area contributed by atoms with Crippen LogP contribution < -0.4 is 10.6 Å². The Morgan fingerprint density at radius 3 is 3.24 bits per heavy atom. The fourth-order valence-electron chi connectivity index (χ4n) is 2.25. The maximum absolute atomic E-state index is 5.97. The molecule has 1 saturated heterocycles. The molecule has 5 heteroatoms. The van der Waals surface area contributed by atoms with Crippen molar-refractivity contribution in [2.24, 2.45) is 5.73 Å². The Morgan fingerprint density at radius 2 is 2.47 bits per heavy atom. The Morgan fingerprint density at radius 1 is 1.53 bits per heavy atom. The zero-order valence-electron chi connectivity index (χ0n) is 9.60. The van der Waals surface area contributed by atoms with Gasteiger partial charge in [-0.15, -0.1) is 0 Å². The van der Waals surface area contributed by atoms with Crippen LogP contribution in [0.25, 0.3) is 11.5 Å². The highest BCUT2D eigenvalue weighted by Crippen LogP contribution is 2.23. The zero-order valence-corrected chi connectivity index (χ0v) is 9.60. The Hall–Kier alpha value is -1.75. The van der Waals surface area contributed by atoms with Crippen LogP contribution in [-0.2, 0) is 0 Å². The number of hydrogen-bond donors (Lipinski definition) is 2. The van der Waals surface area contributed by atoms with Crippen molar-refractivity contribution >= 4 is 5.82 Å². The van der Waals surface area contributed by atoms with Crippen molar-refractivity contribution < 1.29 is 4.42 Å². The van der Waals surface area contributed by atoms with Gasteiger partial charge in [-0.25, -0.2) is 0 Å². The molecule has 0 aromatic carbocycles. The molecule has 1 fully saturated rings. The number of nitrogens with two attached hydrogens (primary N) is 1. The summed E-state index contributed by atoms with van der Waals surface area (Å²) in [5.41, 5.74) is 6.87. The second kappa shape index (κ2) is 4.25. The summed E-state index contributed by atoms with van der Waals surface area (Å²) in [6, 6.07) is 6.05. The van der Waals surface area contributed by atoms with E-state index >= 15 is 0 Å². The van der Waals surface area contributed by atoms with Gasteiger partial charge in [0, 0.05) is 25.2 Å². The summed E-state index contributed by atoms with van der Waals surface area (Å²) in [4.78, 5) is 2.22. The lowest BCUT2D eigenvalue weighted by Gasteiger charge is -2.30. The van der Waals surface area contributed by atoms with E-state index in [9.17, 15) is 0 Å². The molecule has 0 radical (unpaired) electrons. The highest BCUT2D eigenvalue weighted by Gasteiger charge is 2.19. The molecule has 1 aliphatic rings. The summed E-state index contributed by atoms with van der Waals surface area (Å²) >= 11 is 0. The van der Waals surface area contributed by atoms with Gasteiger partial charge >= 0.3 is 0 Å². The summed E-state index contributed by atoms with van der Waals surface area (Å²) in [6.07, 6.45) is 3.89. The molecule has 1 atom stereocenters. The minimum absolute atomic E-state index is 0.257. The third kappa shape index (κ3) is 2.06. The van der Waals surface area contributed by atoms with Crippen LogP contribution >= 0.6 is 0 Å². The molecule has 90 valence electrons. The van der Waals surface area contributed by atoms with Gasteiger partial charge in [0.2, 0.25) is 0 Å². The SMILES string of the molecule is N[C@H]1CCCN(c2cc(-c3ccco3)[nH]n2)C1. The molecule has 0 spiro atoms. The Balaban J connectivity index is 1.80. The first-order chi connectivity index (χ1) is 8.33. The normalized spacial score (nSPS) is 20.8. The molecular weight excluding hydrogens is 216 g/mol. The van der Waals surface area contributed by atoms with Crippen LogP contribution in [0.3, 0.4) is 0 Å². The monoisotopic (exact) mass is 232 g/mol. The van der Waals surface area contributed by atoms with Gasteiger partial charge < -0.3 is 15.1 Å². The Labute approximate surface area is 99.6 Å². The third-order valence-electron chi connectivity index (χ3n) is 3.13. The van der Waals surface area contributed by atoms with Crippen LogP contribution in [0.2, 0.25) is 0 Å². The number of anilines is 1. The quantitative estimate of drug-likeness (QED) is 0.825. The number of H-pyrrole nitrogens is 1. The molecule has 0 saturated carbocycles. The van der Waals surface area contributed by atoms with E-state index in [4.69, 9.17) is 10.2 Å². The van der Waals surface area contributed by atoms with Gasteiger partial charge in [-0.2, -0.15) is 5.10 Å². The van der Waals surface area contributed by atoms with E-state index in [0.717, 1.165) is 43.2 Å². The van der Waals surface area contributed by atoms with E-state index < -0.39 is 0 Å². The van der Waals surface area contributed by atoms with E-state index in [1.165, 1.54) is 0 Å². The van der Waals surface area contributed by atoms with Crippen molar-refractivity contribution in [3.63, 3.8) is 0 Å². The van der Waals surface area contributed by atoms with E-state index in [2.05, 4.69) is 15.1 Å². The van der Waals surface area contributed by atoms with Crippen LogP contribution in [0.5, 0.6) is 0 Å². The molecule has 0 bridgehead atoms. The minimum Gasteiger partial charge on any atom is -0.463 e. The van der Waals surface area contributed by atoms with Crippen LogP contribution in [-0.4, -0.2) is 29.3 Å². The first-order valence-corrected chi connectivity index (χ1v) is 5.93. The third-order valence-corrected chi connectivity index (χ3v) is 3.13. The highest BCUT2D eigenvalue weighted by atomic mass is 16.3. The largest absolute Gasteiger partial charge is 0.463 e. The fourth-order valence-corrected chi connectivity index (χ4v) is 2.25. The van der Waals surface area contributed by atoms with Crippen LogP contribution in [0.4, 0.5) is 5.82 Å². The lowest BCUT2D eigenvalue weighted by Crippen LogP contribution is -2.43. The standard InChI is InChI=1S/C12H16N4O/c13-9-3-1-5-16(8-9)12-7-10(14-15-12)11-4-2-6-17-11/h2,4,6-7,9H,1,3,5,8,13H2,(H,14,15)/t9-/m0/s1. The molecule has 0 aliphatic carbocycles. The van der Waals surface area contributed by atoms with Gasteiger partial charge in [0.1, 0.15) is 5.69 Å². The minimum atomic E-state index is 0.257. The second-order valence-electron chi connectivity index (χ2n) is 4.47. The zero-order chi connectivity index (χ0) is 11.7. The van der Waals surface area contributed by atoms with Gasteiger partial charge in [0.05, 0.1) is 6.26 Å². The first kappa shape index (κ1) is 10.4. The average molecular weight is 232 g/mol. The van der Waals surface area contributed by atoms with Gasteiger partial charge in [-0.3, -0.25) is 5.10 Å². The maximum atomic E-state index is 5.97. The van der Waals surface area contributed by atoms with Crippen molar-refractivity contribution in [1.82, 2.24) is 10.2 Å². The second-order valence-corrected chi connectivity index (χ2v) is 4.47. The molecule has 1 aliphatic heterocycles. The molecular formula is C12H16N4O. The number of aromatic nitrogens is 2. The van der Waals surface area contributed by atoms with Crippen molar-refractivity contribution in [3.8, 4) is 11.5 Å². The molecule has 2 aromatic rings. The van der Waals surface area contributed by atoms with Crippen molar-refractivity contribution in [2.75, 3.05) is 18.0 Å². The lowest BCUT2D eigenvalue weighted by atomic mass is 10.1. The summed E-state index contributed by atoms with van der Waals surface area (Å²) in [7, 11) is 0. The predicted molar refractivity (Wildman–Crippen MR) is 65.7 cm³/mol. The molecule has 3 heterocycles. The average Bonchev–Trinajstić information content (AvgIpc) is 3.00. The Bertz CT molecular complexity index is 476. The number of rotatable bonds is 2. The number of piperidine rings is 1. The predicted octanol–water partition coefficient (Wildman–Crippen LogP) is 1.60. The van der Waals surface area contributed by atoms with E-state index in [-0.39, 0.29) is 6.04 Å². The number of nitrogens with one attached hydrogen (secondary N) is 1. The van der Waals surface area contributed by atoms with Gasteiger partial charge in [-0.05, 0) is 25.0 Å². The van der Waals surface area contributed by atoms with E-state index in [0.29, 0.717) is 0 Å². The van der Waals surface area contributed by atoms with Crippen LogP contribution in [0.15, 0.2) is 28.9 Å². The number of furan rings is 1. The maximum Gasteiger partial charge on any atom is 0.151 e. The molecule has 17 heavy (non-hydrogen) atoms. The van der Waals surface area contributed by atoms with E-state index in [1.54, 1.807) is 6.26 Å². The molecule has 3 N–H and O–H groups in total. The number of hydrogen-bond acceptors (Lipinski definition) is 4. The summed E-state index contributed by atoms with van der Waals surface area (Å²) in [5, 5.41) is 7.31. The van der Waals surface area contributed by atoms with E-state index in [1.807, 2.05) is 18.2 Å². The first-order valence-electron chi connectivity index (χ1n) is 5.93. The fraction of sp³-hybridized carbons (Fsp3) is 0.417. The van der Waals surface area contributed by atoms with Crippen molar-refractivity contribution in [1.29, 1.82) is 0 Å². The topological polar surface area (TPSA) is 71.1 Å². The number of nitrogens with zero attached hydrogens (tertiary/aromatic N) is 2. The molecule has 2 aromatic heterocycles. The molecule has 3 rings (SSSR count). The summed E-state index contributed by atoms with van der Waals surface area (Å²) in [5.74, 6) is 1.76. The van der Waals surface area contributed by atoms with Gasteiger partial charge in [0.25, 0.3) is 0 Å².